The standard InChI is InChI=1S/C18H30N2O2S/c1-14-12-19(13-15(2)20(14)10-11-22-4)18(21)7-5-6-17-9-8-16(3)23-17/h8-9,14-15H,5-7,10-13H2,1-4H3/t14-,15+. The van der Waals surface area contributed by atoms with E-state index in [1.165, 1.54) is 9.75 Å². The number of piperazine rings is 1. The Bertz CT molecular complexity index is 491. The fourth-order valence-corrected chi connectivity index (χ4v) is 4.32. The molecule has 2 atom stereocenters. The zero-order valence-corrected chi connectivity index (χ0v) is 15.7. The monoisotopic (exact) mass is 338 g/mol. The highest BCUT2D eigenvalue weighted by Gasteiger charge is 2.31. The summed E-state index contributed by atoms with van der Waals surface area (Å²) in [5, 5.41) is 0. The number of hydrogen-bond acceptors (Lipinski definition) is 4. The van der Waals surface area contributed by atoms with Crippen LogP contribution < -0.4 is 0 Å². The van der Waals surface area contributed by atoms with E-state index in [0.29, 0.717) is 24.4 Å². The molecule has 1 amide bonds. The van der Waals surface area contributed by atoms with Gasteiger partial charge in [0.15, 0.2) is 0 Å². The molecule has 0 unspecified atom stereocenters. The molecule has 0 bridgehead atoms. The minimum absolute atomic E-state index is 0.309. The predicted molar refractivity (Wildman–Crippen MR) is 96.1 cm³/mol. The van der Waals surface area contributed by atoms with E-state index in [0.717, 1.165) is 39.1 Å². The molecule has 0 aromatic carbocycles. The van der Waals surface area contributed by atoms with Gasteiger partial charge in [0, 0.05) is 55.0 Å². The molecule has 2 heterocycles. The largest absolute Gasteiger partial charge is 0.383 e. The van der Waals surface area contributed by atoms with E-state index in [1.54, 1.807) is 7.11 Å². The Morgan fingerprint density at radius 2 is 2.00 bits per heavy atom. The first-order valence-corrected chi connectivity index (χ1v) is 9.40. The van der Waals surface area contributed by atoms with Crippen LogP contribution in [0.1, 0.15) is 36.4 Å². The third-order valence-corrected chi connectivity index (χ3v) is 5.68. The van der Waals surface area contributed by atoms with Crippen LogP contribution in [0, 0.1) is 6.92 Å². The van der Waals surface area contributed by atoms with Crippen molar-refractivity contribution in [2.45, 2.75) is 52.1 Å². The number of aryl methyl sites for hydroxylation is 2. The summed E-state index contributed by atoms with van der Waals surface area (Å²) in [6.07, 6.45) is 2.63. The maximum Gasteiger partial charge on any atom is 0.222 e. The summed E-state index contributed by atoms with van der Waals surface area (Å²) < 4.78 is 5.19. The molecular weight excluding hydrogens is 308 g/mol. The van der Waals surface area contributed by atoms with Crippen molar-refractivity contribution in [2.75, 3.05) is 33.4 Å². The molecule has 1 fully saturated rings. The van der Waals surface area contributed by atoms with Gasteiger partial charge < -0.3 is 9.64 Å². The Balaban J connectivity index is 1.77. The molecule has 130 valence electrons. The van der Waals surface area contributed by atoms with E-state index in [2.05, 4.69) is 42.7 Å². The second-order valence-corrected chi connectivity index (χ2v) is 7.97. The quantitative estimate of drug-likeness (QED) is 0.766. The maximum atomic E-state index is 12.5. The Hall–Kier alpha value is -0.910. The van der Waals surface area contributed by atoms with Gasteiger partial charge in [-0.05, 0) is 45.7 Å². The van der Waals surface area contributed by atoms with Crippen molar-refractivity contribution in [3.8, 4) is 0 Å². The Labute approximate surface area is 144 Å². The fourth-order valence-electron chi connectivity index (χ4n) is 3.39. The zero-order chi connectivity index (χ0) is 16.8. The molecule has 23 heavy (non-hydrogen) atoms. The lowest BCUT2D eigenvalue weighted by Crippen LogP contribution is -2.58. The number of ether oxygens (including phenoxy) is 1. The van der Waals surface area contributed by atoms with Crippen LogP contribution in [0.3, 0.4) is 0 Å². The molecule has 0 aliphatic carbocycles. The van der Waals surface area contributed by atoms with Crippen molar-refractivity contribution in [2.24, 2.45) is 0 Å². The number of hydrogen-bond donors (Lipinski definition) is 0. The number of amides is 1. The highest BCUT2D eigenvalue weighted by molar-refractivity contribution is 7.11. The van der Waals surface area contributed by atoms with E-state index in [4.69, 9.17) is 4.74 Å². The Morgan fingerprint density at radius 1 is 1.30 bits per heavy atom. The predicted octanol–water partition coefficient (Wildman–Crippen LogP) is 2.95. The zero-order valence-electron chi connectivity index (χ0n) is 14.9. The first kappa shape index (κ1) is 18.4. The summed E-state index contributed by atoms with van der Waals surface area (Å²) in [6.45, 7) is 9.92. The third kappa shape index (κ3) is 5.30. The average molecular weight is 339 g/mol. The molecule has 1 saturated heterocycles. The van der Waals surface area contributed by atoms with Crippen LogP contribution in [-0.2, 0) is 16.0 Å². The van der Waals surface area contributed by atoms with Gasteiger partial charge in [0.2, 0.25) is 5.91 Å². The first-order chi connectivity index (χ1) is 11.0. The third-order valence-electron chi connectivity index (χ3n) is 4.62. The van der Waals surface area contributed by atoms with Crippen LogP contribution in [-0.4, -0.2) is 61.1 Å². The van der Waals surface area contributed by atoms with Crippen LogP contribution in [0.2, 0.25) is 0 Å². The summed E-state index contributed by atoms with van der Waals surface area (Å²) in [7, 11) is 1.74. The molecule has 4 nitrogen and oxygen atoms in total. The van der Waals surface area contributed by atoms with E-state index in [1.807, 2.05) is 11.3 Å². The van der Waals surface area contributed by atoms with Gasteiger partial charge in [-0.2, -0.15) is 0 Å². The van der Waals surface area contributed by atoms with Crippen LogP contribution in [0.25, 0.3) is 0 Å². The van der Waals surface area contributed by atoms with Crippen molar-refractivity contribution in [1.82, 2.24) is 9.80 Å². The highest BCUT2D eigenvalue weighted by atomic mass is 32.1. The van der Waals surface area contributed by atoms with E-state index in [9.17, 15) is 4.79 Å². The van der Waals surface area contributed by atoms with Gasteiger partial charge in [0.1, 0.15) is 0 Å². The molecule has 5 heteroatoms. The minimum Gasteiger partial charge on any atom is -0.383 e. The van der Waals surface area contributed by atoms with Crippen molar-refractivity contribution >= 4 is 17.2 Å². The lowest BCUT2D eigenvalue weighted by Gasteiger charge is -2.44. The van der Waals surface area contributed by atoms with Gasteiger partial charge >= 0.3 is 0 Å². The number of carbonyl (C=O) groups is 1. The molecule has 0 saturated carbocycles. The lowest BCUT2D eigenvalue weighted by atomic mass is 10.1. The number of carbonyl (C=O) groups excluding carboxylic acids is 1. The van der Waals surface area contributed by atoms with Crippen LogP contribution in [0.5, 0.6) is 0 Å². The topological polar surface area (TPSA) is 32.8 Å². The Kier molecular flexibility index (Phi) is 7.06. The molecule has 1 aliphatic rings. The molecule has 1 aromatic heterocycles. The van der Waals surface area contributed by atoms with Gasteiger partial charge in [-0.3, -0.25) is 9.69 Å². The summed E-state index contributed by atoms with van der Waals surface area (Å²) in [5.74, 6) is 0.309. The highest BCUT2D eigenvalue weighted by Crippen LogP contribution is 2.19. The molecule has 1 aliphatic heterocycles. The van der Waals surface area contributed by atoms with Gasteiger partial charge in [0.05, 0.1) is 6.61 Å². The number of rotatable bonds is 7. The van der Waals surface area contributed by atoms with E-state index in [-0.39, 0.29) is 0 Å². The summed E-state index contributed by atoms with van der Waals surface area (Å²) in [6, 6.07) is 5.14. The Morgan fingerprint density at radius 3 is 2.57 bits per heavy atom. The van der Waals surface area contributed by atoms with E-state index >= 15 is 0 Å². The SMILES string of the molecule is COCCN1[C@H](C)CN(C(=O)CCCc2ccc(C)s2)C[C@@H]1C. The molecule has 1 aromatic rings. The van der Waals surface area contributed by atoms with Gasteiger partial charge in [0.25, 0.3) is 0 Å². The van der Waals surface area contributed by atoms with Gasteiger partial charge in [-0.15, -0.1) is 11.3 Å². The first-order valence-electron chi connectivity index (χ1n) is 8.59. The van der Waals surface area contributed by atoms with Gasteiger partial charge in [-0.1, -0.05) is 0 Å². The average Bonchev–Trinajstić information content (AvgIpc) is 2.91. The van der Waals surface area contributed by atoms with E-state index < -0.39 is 0 Å². The molecule has 0 spiro atoms. The second kappa shape index (κ2) is 8.81. The van der Waals surface area contributed by atoms with Crippen molar-refractivity contribution < 1.29 is 9.53 Å². The normalized spacial score (nSPS) is 22.5. The smallest absolute Gasteiger partial charge is 0.222 e. The molecule has 2 rings (SSSR count). The second-order valence-electron chi connectivity index (χ2n) is 6.59. The lowest BCUT2D eigenvalue weighted by molar-refractivity contribution is -0.135. The van der Waals surface area contributed by atoms with Crippen LogP contribution in [0.4, 0.5) is 0 Å². The summed E-state index contributed by atoms with van der Waals surface area (Å²) in [5.41, 5.74) is 0. The fraction of sp³-hybridized carbons (Fsp3) is 0.722. The van der Waals surface area contributed by atoms with Crippen molar-refractivity contribution in [1.29, 1.82) is 0 Å². The van der Waals surface area contributed by atoms with Crippen molar-refractivity contribution in [3.63, 3.8) is 0 Å². The minimum atomic E-state index is 0.309. The maximum absolute atomic E-state index is 12.5. The summed E-state index contributed by atoms with van der Waals surface area (Å²) in [4.78, 5) is 19.7. The van der Waals surface area contributed by atoms with Gasteiger partial charge in [-0.25, -0.2) is 0 Å². The van der Waals surface area contributed by atoms with Crippen LogP contribution >= 0.6 is 11.3 Å². The number of thiophene rings is 1. The van der Waals surface area contributed by atoms with Crippen LogP contribution in [0.15, 0.2) is 12.1 Å². The molecular formula is C18H30N2O2S. The summed E-state index contributed by atoms with van der Waals surface area (Å²) >= 11 is 1.84. The number of methoxy groups -OCH3 is 1. The molecule has 0 radical (unpaired) electrons. The van der Waals surface area contributed by atoms with Crippen molar-refractivity contribution in [3.05, 3.63) is 21.9 Å². The number of nitrogens with zero attached hydrogens (tertiary/aromatic N) is 2. The molecule has 0 N–H and O–H groups in total.